The van der Waals surface area contributed by atoms with E-state index < -0.39 is 0 Å². The van der Waals surface area contributed by atoms with Crippen LogP contribution >= 0.6 is 0 Å². The molecule has 2 heteroatoms. The molecule has 1 aliphatic rings. The summed E-state index contributed by atoms with van der Waals surface area (Å²) in [5.74, 6) is 1.52. The van der Waals surface area contributed by atoms with Crippen LogP contribution in [-0.2, 0) is 4.74 Å². The van der Waals surface area contributed by atoms with Gasteiger partial charge in [-0.25, -0.2) is 0 Å². The minimum atomic E-state index is 0.655. The molecule has 1 aliphatic heterocycles. The second kappa shape index (κ2) is 5.61. The van der Waals surface area contributed by atoms with Crippen molar-refractivity contribution in [3.8, 4) is 0 Å². The Labute approximate surface area is 82.0 Å². The standard InChI is InChI=1S/C11H23NO/c1-4-5-9(2)11(12-3)10-6-7-13-8-10/h9-12H,4-8H2,1-3H3. The molecular formula is C11H23NO. The lowest BCUT2D eigenvalue weighted by Crippen LogP contribution is -2.39. The molecule has 1 saturated heterocycles. The van der Waals surface area contributed by atoms with Gasteiger partial charge in [0.15, 0.2) is 0 Å². The SMILES string of the molecule is CCCC(C)C(NC)C1CCOC1. The summed E-state index contributed by atoms with van der Waals surface area (Å²) >= 11 is 0. The first-order chi connectivity index (χ1) is 6.29. The van der Waals surface area contributed by atoms with Crippen molar-refractivity contribution in [2.24, 2.45) is 11.8 Å². The average molecular weight is 185 g/mol. The van der Waals surface area contributed by atoms with Gasteiger partial charge in [0.2, 0.25) is 0 Å². The molecule has 0 aromatic heterocycles. The molecule has 1 N–H and O–H groups in total. The highest BCUT2D eigenvalue weighted by molar-refractivity contribution is 4.82. The molecule has 0 amide bonds. The van der Waals surface area contributed by atoms with Crippen LogP contribution < -0.4 is 5.32 Å². The summed E-state index contributed by atoms with van der Waals surface area (Å²) in [6, 6.07) is 0.655. The van der Waals surface area contributed by atoms with Gasteiger partial charge in [-0.15, -0.1) is 0 Å². The Kier molecular flexibility index (Phi) is 4.74. The molecule has 1 rings (SSSR count). The fourth-order valence-electron chi connectivity index (χ4n) is 2.46. The summed E-state index contributed by atoms with van der Waals surface area (Å²) in [6.45, 7) is 6.53. The van der Waals surface area contributed by atoms with Crippen LogP contribution in [0.1, 0.15) is 33.1 Å². The average Bonchev–Trinajstić information content (AvgIpc) is 2.59. The zero-order chi connectivity index (χ0) is 9.68. The summed E-state index contributed by atoms with van der Waals surface area (Å²) in [6.07, 6.45) is 3.84. The van der Waals surface area contributed by atoms with Crippen LogP contribution in [0, 0.1) is 11.8 Å². The second-order valence-electron chi connectivity index (χ2n) is 4.20. The van der Waals surface area contributed by atoms with Gasteiger partial charge in [-0.1, -0.05) is 20.3 Å². The molecule has 1 fully saturated rings. The van der Waals surface area contributed by atoms with Gasteiger partial charge >= 0.3 is 0 Å². The largest absolute Gasteiger partial charge is 0.381 e. The lowest BCUT2D eigenvalue weighted by molar-refractivity contribution is 0.167. The van der Waals surface area contributed by atoms with Crippen molar-refractivity contribution in [3.05, 3.63) is 0 Å². The van der Waals surface area contributed by atoms with Crippen LogP contribution in [0.4, 0.5) is 0 Å². The van der Waals surface area contributed by atoms with Crippen molar-refractivity contribution >= 4 is 0 Å². The van der Waals surface area contributed by atoms with E-state index in [0.717, 1.165) is 25.0 Å². The maximum Gasteiger partial charge on any atom is 0.0510 e. The first kappa shape index (κ1) is 11.0. The van der Waals surface area contributed by atoms with Crippen LogP contribution in [0.2, 0.25) is 0 Å². The maximum absolute atomic E-state index is 5.43. The highest BCUT2D eigenvalue weighted by atomic mass is 16.5. The molecule has 0 saturated carbocycles. The van der Waals surface area contributed by atoms with Crippen molar-refractivity contribution in [1.29, 1.82) is 0 Å². The first-order valence-electron chi connectivity index (χ1n) is 5.54. The normalized spacial score (nSPS) is 27.5. The van der Waals surface area contributed by atoms with E-state index in [1.807, 2.05) is 0 Å². The molecule has 2 nitrogen and oxygen atoms in total. The Morgan fingerprint density at radius 3 is 2.77 bits per heavy atom. The quantitative estimate of drug-likeness (QED) is 0.708. The summed E-state index contributed by atoms with van der Waals surface area (Å²) in [5, 5.41) is 3.45. The molecule has 3 atom stereocenters. The van der Waals surface area contributed by atoms with E-state index in [4.69, 9.17) is 4.74 Å². The first-order valence-corrected chi connectivity index (χ1v) is 5.54. The van der Waals surface area contributed by atoms with E-state index in [1.165, 1.54) is 19.3 Å². The van der Waals surface area contributed by atoms with Gasteiger partial charge < -0.3 is 10.1 Å². The van der Waals surface area contributed by atoms with Gasteiger partial charge in [0.25, 0.3) is 0 Å². The number of rotatable bonds is 5. The van der Waals surface area contributed by atoms with Crippen molar-refractivity contribution in [2.45, 2.75) is 39.2 Å². The van der Waals surface area contributed by atoms with Crippen LogP contribution in [0.3, 0.4) is 0 Å². The second-order valence-corrected chi connectivity index (χ2v) is 4.20. The zero-order valence-corrected chi connectivity index (χ0v) is 9.18. The minimum Gasteiger partial charge on any atom is -0.381 e. The predicted octanol–water partition coefficient (Wildman–Crippen LogP) is 2.05. The lowest BCUT2D eigenvalue weighted by atomic mass is 9.86. The molecule has 0 aromatic carbocycles. The summed E-state index contributed by atoms with van der Waals surface area (Å²) in [4.78, 5) is 0. The van der Waals surface area contributed by atoms with E-state index in [0.29, 0.717) is 6.04 Å². The monoisotopic (exact) mass is 185 g/mol. The molecule has 0 bridgehead atoms. The summed E-state index contributed by atoms with van der Waals surface area (Å²) in [7, 11) is 2.08. The van der Waals surface area contributed by atoms with E-state index in [-0.39, 0.29) is 0 Å². The number of hydrogen-bond donors (Lipinski definition) is 1. The van der Waals surface area contributed by atoms with Crippen LogP contribution in [0.15, 0.2) is 0 Å². The molecular weight excluding hydrogens is 162 g/mol. The fraction of sp³-hybridized carbons (Fsp3) is 1.00. The Hall–Kier alpha value is -0.0800. The van der Waals surface area contributed by atoms with Gasteiger partial charge in [-0.3, -0.25) is 0 Å². The van der Waals surface area contributed by atoms with Gasteiger partial charge in [0.05, 0.1) is 6.61 Å². The molecule has 0 radical (unpaired) electrons. The molecule has 13 heavy (non-hydrogen) atoms. The third-order valence-electron chi connectivity index (χ3n) is 3.16. The Balaban J connectivity index is 2.39. The zero-order valence-electron chi connectivity index (χ0n) is 9.18. The summed E-state index contributed by atoms with van der Waals surface area (Å²) < 4.78 is 5.43. The number of hydrogen-bond acceptors (Lipinski definition) is 2. The Morgan fingerprint density at radius 2 is 2.31 bits per heavy atom. The smallest absolute Gasteiger partial charge is 0.0510 e. The fourth-order valence-corrected chi connectivity index (χ4v) is 2.46. The molecule has 78 valence electrons. The number of nitrogens with one attached hydrogen (secondary N) is 1. The Morgan fingerprint density at radius 1 is 1.54 bits per heavy atom. The van der Waals surface area contributed by atoms with Gasteiger partial charge in [-0.05, 0) is 25.8 Å². The summed E-state index contributed by atoms with van der Waals surface area (Å²) in [5.41, 5.74) is 0. The number of ether oxygens (including phenoxy) is 1. The van der Waals surface area contributed by atoms with Crippen LogP contribution in [0.5, 0.6) is 0 Å². The van der Waals surface area contributed by atoms with Crippen molar-refractivity contribution in [1.82, 2.24) is 5.32 Å². The Bertz CT molecular complexity index is 132. The molecule has 0 spiro atoms. The maximum atomic E-state index is 5.43. The van der Waals surface area contributed by atoms with Crippen LogP contribution in [-0.4, -0.2) is 26.3 Å². The molecule has 1 heterocycles. The van der Waals surface area contributed by atoms with E-state index in [9.17, 15) is 0 Å². The molecule has 0 aliphatic carbocycles. The van der Waals surface area contributed by atoms with E-state index in [2.05, 4.69) is 26.2 Å². The molecule has 3 unspecified atom stereocenters. The van der Waals surface area contributed by atoms with Gasteiger partial charge in [0.1, 0.15) is 0 Å². The predicted molar refractivity (Wildman–Crippen MR) is 55.8 cm³/mol. The van der Waals surface area contributed by atoms with Crippen molar-refractivity contribution in [2.75, 3.05) is 20.3 Å². The van der Waals surface area contributed by atoms with Crippen molar-refractivity contribution < 1.29 is 4.74 Å². The third-order valence-corrected chi connectivity index (χ3v) is 3.16. The van der Waals surface area contributed by atoms with Crippen LogP contribution in [0.25, 0.3) is 0 Å². The van der Waals surface area contributed by atoms with E-state index in [1.54, 1.807) is 0 Å². The van der Waals surface area contributed by atoms with Gasteiger partial charge in [-0.2, -0.15) is 0 Å². The van der Waals surface area contributed by atoms with E-state index >= 15 is 0 Å². The lowest BCUT2D eigenvalue weighted by Gasteiger charge is -2.28. The molecule has 0 aromatic rings. The minimum absolute atomic E-state index is 0.655. The highest BCUT2D eigenvalue weighted by Crippen LogP contribution is 2.24. The topological polar surface area (TPSA) is 21.3 Å². The highest BCUT2D eigenvalue weighted by Gasteiger charge is 2.27. The third kappa shape index (κ3) is 2.96. The van der Waals surface area contributed by atoms with Gasteiger partial charge in [0, 0.05) is 18.6 Å². The van der Waals surface area contributed by atoms with Crippen molar-refractivity contribution in [3.63, 3.8) is 0 Å².